The van der Waals surface area contributed by atoms with Gasteiger partial charge in [0.2, 0.25) is 17.6 Å². The van der Waals surface area contributed by atoms with E-state index in [-0.39, 0.29) is 5.91 Å². The number of hydrogen-bond acceptors (Lipinski definition) is 5. The molecular weight excluding hydrogens is 256 g/mol. The molecule has 6 heteroatoms. The minimum absolute atomic E-state index is 0.0917. The van der Waals surface area contributed by atoms with Crippen LogP contribution in [0.15, 0.2) is 22.7 Å². The predicted octanol–water partition coefficient (Wildman–Crippen LogP) is 1.45. The molecule has 0 unspecified atom stereocenters. The zero-order chi connectivity index (χ0) is 14.5. The first-order chi connectivity index (χ1) is 9.36. The van der Waals surface area contributed by atoms with Gasteiger partial charge in [0.15, 0.2) is 0 Å². The van der Waals surface area contributed by atoms with E-state index in [9.17, 15) is 4.79 Å². The Bertz CT molecular complexity index is 685. The van der Waals surface area contributed by atoms with E-state index < -0.39 is 5.54 Å². The van der Waals surface area contributed by atoms with E-state index in [1.54, 1.807) is 25.8 Å². The Labute approximate surface area is 116 Å². The van der Waals surface area contributed by atoms with Crippen molar-refractivity contribution in [2.75, 3.05) is 11.9 Å². The lowest BCUT2D eigenvalue weighted by molar-refractivity contribution is -0.117. The van der Waals surface area contributed by atoms with Crippen LogP contribution in [0.2, 0.25) is 0 Å². The summed E-state index contributed by atoms with van der Waals surface area (Å²) in [6.07, 6.45) is 0.409. The van der Waals surface area contributed by atoms with Gasteiger partial charge in [-0.3, -0.25) is 4.79 Å². The van der Waals surface area contributed by atoms with Crippen molar-refractivity contribution >= 4 is 11.6 Å². The molecule has 1 amide bonds. The first kappa shape index (κ1) is 12.8. The fourth-order valence-corrected chi connectivity index (χ4v) is 2.21. The lowest BCUT2D eigenvalue weighted by Gasteiger charge is -2.11. The smallest absolute Gasteiger partial charge is 0.246 e. The zero-order valence-corrected chi connectivity index (χ0v) is 11.7. The average molecular weight is 272 g/mol. The maximum atomic E-state index is 11.7. The lowest BCUT2D eigenvalue weighted by atomic mass is 10.1. The van der Waals surface area contributed by atoms with Gasteiger partial charge in [0.05, 0.1) is 12.0 Å². The van der Waals surface area contributed by atoms with Gasteiger partial charge in [0, 0.05) is 18.3 Å². The van der Waals surface area contributed by atoms with Gasteiger partial charge in [-0.25, -0.2) is 0 Å². The highest BCUT2D eigenvalue weighted by molar-refractivity contribution is 6.01. The quantitative estimate of drug-likeness (QED) is 0.894. The number of nitrogens with zero attached hydrogens (tertiary/aromatic N) is 3. The zero-order valence-electron chi connectivity index (χ0n) is 11.7. The van der Waals surface area contributed by atoms with Gasteiger partial charge in [0.1, 0.15) is 0 Å². The summed E-state index contributed by atoms with van der Waals surface area (Å²) >= 11 is 0. The summed E-state index contributed by atoms with van der Waals surface area (Å²) in [5, 5.41) is 3.95. The molecule has 2 aromatic rings. The van der Waals surface area contributed by atoms with Gasteiger partial charge in [-0.1, -0.05) is 5.16 Å². The third-order valence-electron chi connectivity index (χ3n) is 3.39. The summed E-state index contributed by atoms with van der Waals surface area (Å²) in [5.41, 5.74) is 8.00. The Morgan fingerprint density at radius 2 is 2.15 bits per heavy atom. The summed E-state index contributed by atoms with van der Waals surface area (Å²) in [7, 11) is 1.78. The summed E-state index contributed by atoms with van der Waals surface area (Å²) < 4.78 is 5.18. The highest BCUT2D eigenvalue weighted by atomic mass is 16.5. The SMILES string of the molecule is CN1C(=O)Cc2cc(-c3noc(C(C)(C)N)n3)ccc21. The summed E-state index contributed by atoms with van der Waals surface area (Å²) in [5.74, 6) is 0.971. The monoisotopic (exact) mass is 272 g/mol. The van der Waals surface area contributed by atoms with Crippen LogP contribution in [0, 0.1) is 0 Å². The van der Waals surface area contributed by atoms with Crippen molar-refractivity contribution in [3.8, 4) is 11.4 Å². The van der Waals surface area contributed by atoms with E-state index in [0.29, 0.717) is 18.1 Å². The summed E-state index contributed by atoms with van der Waals surface area (Å²) in [6.45, 7) is 3.61. The van der Waals surface area contributed by atoms with E-state index in [0.717, 1.165) is 16.8 Å². The van der Waals surface area contributed by atoms with Crippen molar-refractivity contribution in [2.24, 2.45) is 5.73 Å². The Balaban J connectivity index is 1.99. The number of carbonyl (C=O) groups is 1. The van der Waals surface area contributed by atoms with Crippen LogP contribution in [0.4, 0.5) is 5.69 Å². The van der Waals surface area contributed by atoms with Crippen molar-refractivity contribution < 1.29 is 9.32 Å². The molecule has 0 saturated carbocycles. The average Bonchev–Trinajstić information content (AvgIpc) is 2.95. The fraction of sp³-hybridized carbons (Fsp3) is 0.357. The molecule has 0 atom stereocenters. The minimum atomic E-state index is -0.668. The van der Waals surface area contributed by atoms with E-state index in [1.165, 1.54) is 0 Å². The van der Waals surface area contributed by atoms with Gasteiger partial charge < -0.3 is 15.2 Å². The van der Waals surface area contributed by atoms with Gasteiger partial charge >= 0.3 is 0 Å². The summed E-state index contributed by atoms with van der Waals surface area (Å²) in [6, 6.07) is 5.71. The second-order valence-electron chi connectivity index (χ2n) is 5.62. The third kappa shape index (κ3) is 1.98. The van der Waals surface area contributed by atoms with Crippen LogP contribution in [-0.2, 0) is 16.8 Å². The number of aromatic nitrogens is 2. The lowest BCUT2D eigenvalue weighted by Crippen LogP contribution is -2.28. The van der Waals surface area contributed by atoms with Crippen molar-refractivity contribution in [1.29, 1.82) is 0 Å². The predicted molar refractivity (Wildman–Crippen MR) is 74.1 cm³/mol. The molecule has 1 aromatic heterocycles. The van der Waals surface area contributed by atoms with Crippen LogP contribution in [-0.4, -0.2) is 23.1 Å². The van der Waals surface area contributed by atoms with Crippen molar-refractivity contribution in [1.82, 2.24) is 10.1 Å². The van der Waals surface area contributed by atoms with Gasteiger partial charge in [0.25, 0.3) is 0 Å². The number of benzene rings is 1. The van der Waals surface area contributed by atoms with Crippen LogP contribution >= 0.6 is 0 Å². The topological polar surface area (TPSA) is 85.2 Å². The number of fused-ring (bicyclic) bond motifs is 1. The molecule has 2 heterocycles. The molecule has 2 N–H and O–H groups in total. The largest absolute Gasteiger partial charge is 0.337 e. The number of carbonyl (C=O) groups excluding carboxylic acids is 1. The van der Waals surface area contributed by atoms with Gasteiger partial charge in [-0.05, 0) is 37.6 Å². The van der Waals surface area contributed by atoms with Crippen LogP contribution in [0.1, 0.15) is 25.3 Å². The number of anilines is 1. The van der Waals surface area contributed by atoms with E-state index in [1.807, 2.05) is 18.2 Å². The molecular formula is C14H16N4O2. The normalized spacial score (nSPS) is 14.8. The van der Waals surface area contributed by atoms with Gasteiger partial charge in [-0.15, -0.1) is 0 Å². The molecule has 0 radical (unpaired) electrons. The minimum Gasteiger partial charge on any atom is -0.337 e. The van der Waals surface area contributed by atoms with E-state index in [2.05, 4.69) is 10.1 Å². The highest BCUT2D eigenvalue weighted by Crippen LogP contribution is 2.31. The Kier molecular flexibility index (Phi) is 2.65. The fourth-order valence-electron chi connectivity index (χ4n) is 2.21. The van der Waals surface area contributed by atoms with Crippen molar-refractivity contribution in [3.05, 3.63) is 29.7 Å². The Morgan fingerprint density at radius 3 is 2.80 bits per heavy atom. The highest BCUT2D eigenvalue weighted by Gasteiger charge is 2.26. The molecule has 0 bridgehead atoms. The van der Waals surface area contributed by atoms with Crippen LogP contribution in [0.25, 0.3) is 11.4 Å². The molecule has 6 nitrogen and oxygen atoms in total. The number of nitrogens with two attached hydrogens (primary N) is 1. The molecule has 1 aliphatic heterocycles. The second kappa shape index (κ2) is 4.14. The third-order valence-corrected chi connectivity index (χ3v) is 3.39. The molecule has 0 fully saturated rings. The van der Waals surface area contributed by atoms with Gasteiger partial charge in [-0.2, -0.15) is 4.98 Å². The molecule has 0 spiro atoms. The van der Waals surface area contributed by atoms with E-state index in [4.69, 9.17) is 10.3 Å². The van der Waals surface area contributed by atoms with E-state index >= 15 is 0 Å². The summed E-state index contributed by atoms with van der Waals surface area (Å²) in [4.78, 5) is 17.6. The molecule has 1 aromatic carbocycles. The number of amides is 1. The molecule has 104 valence electrons. The van der Waals surface area contributed by atoms with Crippen molar-refractivity contribution in [2.45, 2.75) is 25.8 Å². The van der Waals surface area contributed by atoms with Crippen molar-refractivity contribution in [3.63, 3.8) is 0 Å². The second-order valence-corrected chi connectivity index (χ2v) is 5.62. The Hall–Kier alpha value is -2.21. The molecule has 20 heavy (non-hydrogen) atoms. The molecule has 0 saturated heterocycles. The maximum absolute atomic E-state index is 11.7. The number of rotatable bonds is 2. The van der Waals surface area contributed by atoms with Crippen LogP contribution < -0.4 is 10.6 Å². The first-order valence-corrected chi connectivity index (χ1v) is 6.39. The Morgan fingerprint density at radius 1 is 1.40 bits per heavy atom. The van der Waals surface area contributed by atoms with Crippen LogP contribution in [0.3, 0.4) is 0 Å². The number of likely N-dealkylation sites (N-methyl/N-ethyl adjacent to an activating group) is 1. The first-order valence-electron chi connectivity index (χ1n) is 6.39. The molecule has 3 rings (SSSR count). The molecule has 1 aliphatic rings. The molecule has 0 aliphatic carbocycles. The van der Waals surface area contributed by atoms with Crippen LogP contribution in [0.5, 0.6) is 0 Å². The maximum Gasteiger partial charge on any atom is 0.246 e. The standard InChI is InChI=1S/C14H16N4O2/c1-14(2,15)13-16-12(17-20-13)8-4-5-10-9(6-8)7-11(19)18(10)3/h4-6H,7,15H2,1-3H3. The number of hydrogen-bond donors (Lipinski definition) is 1.